The molecular weight excluding hydrogens is 221 g/mol. The molecule has 0 atom stereocenters. The van der Waals surface area contributed by atoms with Crippen molar-refractivity contribution >= 4 is 5.97 Å². The standard InChI is InChI=1S/C13H16FNO2/c14-12-3-1-10(2-4-12)11-5-7-15(8-6-11)9-13(16)17/h1-4,11H,5-9H2,(H,16,17). The average molecular weight is 237 g/mol. The Labute approximate surface area is 99.9 Å². The second kappa shape index (κ2) is 5.27. The summed E-state index contributed by atoms with van der Waals surface area (Å²) in [5.41, 5.74) is 1.15. The number of aliphatic carboxylic acids is 1. The lowest BCUT2D eigenvalue weighted by Crippen LogP contribution is -3.14. The summed E-state index contributed by atoms with van der Waals surface area (Å²) in [6.45, 7) is 1.78. The monoisotopic (exact) mass is 237 g/mol. The fourth-order valence-corrected chi connectivity index (χ4v) is 2.48. The van der Waals surface area contributed by atoms with E-state index in [1.807, 2.05) is 12.1 Å². The van der Waals surface area contributed by atoms with E-state index in [9.17, 15) is 14.3 Å². The number of benzene rings is 1. The van der Waals surface area contributed by atoms with Crippen LogP contribution in [0, 0.1) is 5.82 Å². The van der Waals surface area contributed by atoms with Gasteiger partial charge in [0.1, 0.15) is 12.4 Å². The highest BCUT2D eigenvalue weighted by atomic mass is 19.1. The number of halogens is 1. The molecule has 1 aromatic carbocycles. The van der Waals surface area contributed by atoms with E-state index in [1.165, 1.54) is 12.1 Å². The van der Waals surface area contributed by atoms with Crippen LogP contribution in [0.1, 0.15) is 24.3 Å². The third-order valence-corrected chi connectivity index (χ3v) is 3.43. The number of rotatable bonds is 3. The molecule has 92 valence electrons. The van der Waals surface area contributed by atoms with Gasteiger partial charge >= 0.3 is 0 Å². The number of carbonyl (C=O) groups is 1. The Balaban J connectivity index is 1.90. The van der Waals surface area contributed by atoms with Crippen molar-refractivity contribution in [1.82, 2.24) is 0 Å². The number of carbonyl (C=O) groups excluding carboxylic acids is 1. The zero-order valence-corrected chi connectivity index (χ0v) is 9.62. The molecule has 1 saturated heterocycles. The molecule has 17 heavy (non-hydrogen) atoms. The van der Waals surface area contributed by atoms with Gasteiger partial charge in [0.2, 0.25) is 0 Å². The van der Waals surface area contributed by atoms with E-state index in [0.29, 0.717) is 5.92 Å². The zero-order valence-electron chi connectivity index (χ0n) is 9.62. The second-order valence-electron chi connectivity index (χ2n) is 4.62. The molecule has 1 N–H and O–H groups in total. The molecule has 4 heteroatoms. The van der Waals surface area contributed by atoms with Gasteiger partial charge in [0.05, 0.1) is 19.1 Å². The van der Waals surface area contributed by atoms with Gasteiger partial charge in [0, 0.05) is 12.8 Å². The van der Waals surface area contributed by atoms with Crippen molar-refractivity contribution in [2.45, 2.75) is 18.8 Å². The van der Waals surface area contributed by atoms with E-state index < -0.39 is 5.97 Å². The predicted molar refractivity (Wildman–Crippen MR) is 58.9 cm³/mol. The molecule has 0 radical (unpaired) electrons. The Bertz CT molecular complexity index is 383. The third kappa shape index (κ3) is 3.27. The lowest BCUT2D eigenvalue weighted by atomic mass is 9.89. The number of nitrogens with one attached hydrogen (secondary N) is 1. The first-order valence-corrected chi connectivity index (χ1v) is 5.94. The van der Waals surface area contributed by atoms with E-state index in [-0.39, 0.29) is 12.4 Å². The molecule has 0 unspecified atom stereocenters. The number of piperidine rings is 1. The van der Waals surface area contributed by atoms with Gasteiger partial charge in [-0.2, -0.15) is 0 Å². The van der Waals surface area contributed by atoms with Crippen molar-refractivity contribution in [2.24, 2.45) is 0 Å². The molecule has 0 bridgehead atoms. The van der Waals surface area contributed by atoms with Gasteiger partial charge in [0.25, 0.3) is 0 Å². The van der Waals surface area contributed by atoms with Gasteiger partial charge < -0.3 is 14.8 Å². The number of hydrogen-bond acceptors (Lipinski definition) is 2. The number of quaternary nitrogens is 1. The molecule has 0 amide bonds. The van der Waals surface area contributed by atoms with Crippen molar-refractivity contribution in [3.05, 3.63) is 35.6 Å². The summed E-state index contributed by atoms with van der Waals surface area (Å²) >= 11 is 0. The molecule has 0 aromatic heterocycles. The lowest BCUT2D eigenvalue weighted by molar-refractivity contribution is -0.899. The van der Waals surface area contributed by atoms with Crippen LogP contribution in [-0.2, 0) is 4.79 Å². The van der Waals surface area contributed by atoms with Crippen molar-refractivity contribution in [3.8, 4) is 0 Å². The van der Waals surface area contributed by atoms with Crippen LogP contribution >= 0.6 is 0 Å². The topological polar surface area (TPSA) is 44.6 Å². The largest absolute Gasteiger partial charge is 0.544 e. The van der Waals surface area contributed by atoms with Crippen molar-refractivity contribution in [2.75, 3.05) is 19.6 Å². The summed E-state index contributed by atoms with van der Waals surface area (Å²) in [4.78, 5) is 11.6. The quantitative estimate of drug-likeness (QED) is 0.758. The van der Waals surface area contributed by atoms with Crippen LogP contribution in [0.2, 0.25) is 0 Å². The normalized spacial score (nSPS) is 24.5. The van der Waals surface area contributed by atoms with Crippen molar-refractivity contribution in [1.29, 1.82) is 0 Å². The Morgan fingerprint density at radius 3 is 2.41 bits per heavy atom. The molecule has 1 aliphatic rings. The Hall–Kier alpha value is -1.42. The molecule has 3 nitrogen and oxygen atoms in total. The summed E-state index contributed by atoms with van der Waals surface area (Å²) < 4.78 is 12.8. The van der Waals surface area contributed by atoms with Gasteiger partial charge in [-0.15, -0.1) is 0 Å². The molecule has 0 aliphatic carbocycles. The van der Waals surface area contributed by atoms with Crippen LogP contribution in [0.25, 0.3) is 0 Å². The van der Waals surface area contributed by atoms with E-state index in [2.05, 4.69) is 0 Å². The Kier molecular flexibility index (Phi) is 3.74. The SMILES string of the molecule is O=C([O-])C[NH+]1CCC(c2ccc(F)cc2)CC1. The molecule has 0 saturated carbocycles. The second-order valence-corrected chi connectivity index (χ2v) is 4.62. The van der Waals surface area contributed by atoms with E-state index in [1.54, 1.807) is 0 Å². The van der Waals surface area contributed by atoms with Crippen LogP contribution in [0.3, 0.4) is 0 Å². The highest BCUT2D eigenvalue weighted by Crippen LogP contribution is 2.23. The first kappa shape index (κ1) is 12.0. The summed E-state index contributed by atoms with van der Waals surface area (Å²) in [5.74, 6) is -0.768. The first-order chi connectivity index (χ1) is 8.15. The fourth-order valence-electron chi connectivity index (χ4n) is 2.48. The molecule has 1 aromatic rings. The van der Waals surface area contributed by atoms with Gasteiger partial charge in [-0.25, -0.2) is 4.39 Å². The van der Waals surface area contributed by atoms with Gasteiger partial charge in [0.15, 0.2) is 0 Å². The van der Waals surface area contributed by atoms with Gasteiger partial charge in [-0.05, 0) is 23.6 Å². The lowest BCUT2D eigenvalue weighted by Gasteiger charge is -2.29. The molecule has 1 aliphatic heterocycles. The van der Waals surface area contributed by atoms with Gasteiger partial charge in [-0.1, -0.05) is 12.1 Å². The van der Waals surface area contributed by atoms with Crippen LogP contribution in [0.4, 0.5) is 4.39 Å². The fraction of sp³-hybridized carbons (Fsp3) is 0.462. The summed E-state index contributed by atoms with van der Waals surface area (Å²) in [5, 5.41) is 10.5. The third-order valence-electron chi connectivity index (χ3n) is 3.43. The van der Waals surface area contributed by atoms with Gasteiger partial charge in [-0.3, -0.25) is 0 Å². The minimum absolute atomic E-state index is 0.0934. The summed E-state index contributed by atoms with van der Waals surface area (Å²) in [7, 11) is 0. The maximum Gasteiger partial charge on any atom is 0.123 e. The maximum atomic E-state index is 12.8. The van der Waals surface area contributed by atoms with Crippen LogP contribution in [-0.4, -0.2) is 25.6 Å². The minimum Gasteiger partial charge on any atom is -0.544 e. The Morgan fingerprint density at radius 1 is 1.29 bits per heavy atom. The molecule has 2 rings (SSSR count). The molecule has 0 spiro atoms. The smallest absolute Gasteiger partial charge is 0.123 e. The van der Waals surface area contributed by atoms with Crippen molar-refractivity contribution < 1.29 is 19.2 Å². The molecular formula is C13H16FNO2. The first-order valence-electron chi connectivity index (χ1n) is 5.94. The number of hydrogen-bond donors (Lipinski definition) is 1. The highest BCUT2D eigenvalue weighted by Gasteiger charge is 2.23. The van der Waals surface area contributed by atoms with Crippen molar-refractivity contribution in [3.63, 3.8) is 0 Å². The minimum atomic E-state index is -0.986. The molecule has 1 fully saturated rings. The Morgan fingerprint density at radius 2 is 1.88 bits per heavy atom. The number of carboxylic acids is 1. The number of likely N-dealkylation sites (tertiary alicyclic amines) is 1. The van der Waals surface area contributed by atoms with Crippen LogP contribution < -0.4 is 10.0 Å². The zero-order chi connectivity index (χ0) is 12.3. The van der Waals surface area contributed by atoms with E-state index in [0.717, 1.165) is 36.4 Å². The highest BCUT2D eigenvalue weighted by molar-refractivity contribution is 5.65. The predicted octanol–water partition coefficient (Wildman–Crippen LogP) is -0.662. The van der Waals surface area contributed by atoms with Crippen LogP contribution in [0.5, 0.6) is 0 Å². The average Bonchev–Trinajstić information content (AvgIpc) is 2.30. The molecule has 1 heterocycles. The van der Waals surface area contributed by atoms with E-state index in [4.69, 9.17) is 0 Å². The number of carboxylic acid groups (broad SMARTS) is 1. The summed E-state index contributed by atoms with van der Waals surface area (Å²) in [6, 6.07) is 6.61. The summed E-state index contributed by atoms with van der Waals surface area (Å²) in [6.07, 6.45) is 1.91. The van der Waals surface area contributed by atoms with E-state index >= 15 is 0 Å². The van der Waals surface area contributed by atoms with Crippen LogP contribution in [0.15, 0.2) is 24.3 Å². The maximum absolute atomic E-state index is 12.8.